The van der Waals surface area contributed by atoms with Crippen molar-refractivity contribution in [2.45, 2.75) is 0 Å². The first kappa shape index (κ1) is 11.2. The van der Waals surface area contributed by atoms with E-state index in [2.05, 4.69) is 67.3 Å². The largest absolute Gasteiger partial charge is 0.0991 e. The molecule has 0 fully saturated rings. The Hall–Kier alpha value is -2.60. The van der Waals surface area contributed by atoms with Gasteiger partial charge in [-0.2, -0.15) is 0 Å². The SMILES string of the molecule is C=C/C=C/c1ccc2ccc3cccc4ccc1c2c34. The van der Waals surface area contributed by atoms with Gasteiger partial charge in [0.1, 0.15) is 0 Å². The summed E-state index contributed by atoms with van der Waals surface area (Å²) in [6.45, 7) is 3.75. The van der Waals surface area contributed by atoms with Crippen molar-refractivity contribution in [3.05, 3.63) is 78.9 Å². The van der Waals surface area contributed by atoms with E-state index < -0.39 is 0 Å². The molecule has 0 aliphatic heterocycles. The molecular weight excluding hydrogens is 240 g/mol. The first-order valence-electron chi connectivity index (χ1n) is 6.84. The Bertz CT molecular complexity index is 942. The molecule has 0 bridgehead atoms. The highest BCUT2D eigenvalue weighted by atomic mass is 14.1. The van der Waals surface area contributed by atoms with Gasteiger partial charge in [0.25, 0.3) is 0 Å². The van der Waals surface area contributed by atoms with Crippen LogP contribution in [0.4, 0.5) is 0 Å². The summed E-state index contributed by atoms with van der Waals surface area (Å²) in [7, 11) is 0. The van der Waals surface area contributed by atoms with Crippen molar-refractivity contribution < 1.29 is 0 Å². The summed E-state index contributed by atoms with van der Waals surface area (Å²) in [6, 6.07) is 19.8. The molecule has 20 heavy (non-hydrogen) atoms. The molecule has 0 saturated heterocycles. The van der Waals surface area contributed by atoms with Crippen LogP contribution in [0.5, 0.6) is 0 Å². The molecule has 94 valence electrons. The Morgan fingerprint density at radius 3 is 2.10 bits per heavy atom. The highest BCUT2D eigenvalue weighted by Gasteiger charge is 2.08. The first-order chi connectivity index (χ1) is 9.88. The van der Waals surface area contributed by atoms with Crippen LogP contribution in [0.25, 0.3) is 38.4 Å². The molecule has 0 N–H and O–H groups in total. The summed E-state index contributed by atoms with van der Waals surface area (Å²) in [5.41, 5.74) is 1.25. The fraction of sp³-hybridized carbons (Fsp3) is 0. The van der Waals surface area contributed by atoms with Gasteiger partial charge in [0.05, 0.1) is 0 Å². The third-order valence-electron chi connectivity index (χ3n) is 3.97. The van der Waals surface area contributed by atoms with Crippen LogP contribution in [0.15, 0.2) is 73.3 Å². The van der Waals surface area contributed by atoms with Gasteiger partial charge >= 0.3 is 0 Å². The zero-order valence-corrected chi connectivity index (χ0v) is 11.1. The molecule has 0 saturated carbocycles. The second kappa shape index (κ2) is 4.21. The van der Waals surface area contributed by atoms with Crippen LogP contribution in [0.3, 0.4) is 0 Å². The van der Waals surface area contributed by atoms with Crippen LogP contribution in [-0.2, 0) is 0 Å². The van der Waals surface area contributed by atoms with Gasteiger partial charge in [0.2, 0.25) is 0 Å². The molecule has 0 nitrogen and oxygen atoms in total. The standard InChI is InChI=1S/C20H14/c1-2-3-5-14-8-9-17-11-10-15-6-4-7-16-12-13-18(14)20(17)19(15)16/h2-13H,1H2/b5-3+. The van der Waals surface area contributed by atoms with Crippen LogP contribution in [0.2, 0.25) is 0 Å². The van der Waals surface area contributed by atoms with E-state index in [1.807, 2.05) is 12.2 Å². The van der Waals surface area contributed by atoms with E-state index in [4.69, 9.17) is 0 Å². The maximum atomic E-state index is 3.75. The molecule has 0 aliphatic rings. The molecule has 0 heteroatoms. The summed E-state index contributed by atoms with van der Waals surface area (Å²) in [4.78, 5) is 0. The van der Waals surface area contributed by atoms with Crippen molar-refractivity contribution in [2.24, 2.45) is 0 Å². The molecule has 0 atom stereocenters. The summed E-state index contributed by atoms with van der Waals surface area (Å²) in [6.07, 6.45) is 5.93. The van der Waals surface area contributed by atoms with Crippen molar-refractivity contribution in [3.8, 4) is 0 Å². The minimum Gasteiger partial charge on any atom is -0.0991 e. The molecular formula is C20H14. The van der Waals surface area contributed by atoms with Crippen LogP contribution in [0, 0.1) is 0 Å². The summed E-state index contributed by atoms with van der Waals surface area (Å²) >= 11 is 0. The lowest BCUT2D eigenvalue weighted by Gasteiger charge is -2.12. The maximum absolute atomic E-state index is 3.75. The molecule has 4 rings (SSSR count). The molecule has 0 spiro atoms. The lowest BCUT2D eigenvalue weighted by atomic mass is 9.92. The maximum Gasteiger partial charge on any atom is -0.00208 e. The number of hydrogen-bond donors (Lipinski definition) is 0. The van der Waals surface area contributed by atoms with Crippen LogP contribution in [-0.4, -0.2) is 0 Å². The molecule has 4 aromatic rings. The van der Waals surface area contributed by atoms with Crippen molar-refractivity contribution in [1.82, 2.24) is 0 Å². The Labute approximate surface area is 118 Å². The zero-order chi connectivity index (χ0) is 13.5. The van der Waals surface area contributed by atoms with Crippen LogP contribution < -0.4 is 0 Å². The van der Waals surface area contributed by atoms with E-state index in [0.29, 0.717) is 0 Å². The summed E-state index contributed by atoms with van der Waals surface area (Å²) in [5, 5.41) is 7.98. The summed E-state index contributed by atoms with van der Waals surface area (Å²) < 4.78 is 0. The smallest absolute Gasteiger partial charge is 0.00208 e. The number of rotatable bonds is 2. The van der Waals surface area contributed by atoms with Gasteiger partial charge in [-0.15, -0.1) is 0 Å². The van der Waals surface area contributed by atoms with E-state index in [0.717, 1.165) is 0 Å². The fourth-order valence-corrected chi connectivity index (χ4v) is 3.07. The Balaban J connectivity index is 2.25. The highest BCUT2D eigenvalue weighted by molar-refractivity contribution is 6.24. The number of benzene rings is 4. The molecule has 4 aromatic carbocycles. The van der Waals surface area contributed by atoms with E-state index in [9.17, 15) is 0 Å². The summed E-state index contributed by atoms with van der Waals surface area (Å²) in [5.74, 6) is 0. The van der Waals surface area contributed by atoms with Gasteiger partial charge in [-0.1, -0.05) is 79.4 Å². The van der Waals surface area contributed by atoms with Crippen molar-refractivity contribution >= 4 is 38.4 Å². The normalized spacial score (nSPS) is 12.0. The van der Waals surface area contributed by atoms with Gasteiger partial charge in [-0.05, 0) is 37.9 Å². The van der Waals surface area contributed by atoms with Gasteiger partial charge in [-0.3, -0.25) is 0 Å². The Morgan fingerprint density at radius 2 is 1.35 bits per heavy atom. The second-order valence-corrected chi connectivity index (χ2v) is 5.11. The van der Waals surface area contributed by atoms with Crippen molar-refractivity contribution in [3.63, 3.8) is 0 Å². The average Bonchev–Trinajstić information content (AvgIpc) is 2.51. The van der Waals surface area contributed by atoms with E-state index in [1.165, 1.54) is 37.9 Å². The van der Waals surface area contributed by atoms with Crippen LogP contribution >= 0.6 is 0 Å². The molecule has 0 heterocycles. The van der Waals surface area contributed by atoms with Gasteiger partial charge in [-0.25, -0.2) is 0 Å². The third kappa shape index (κ3) is 1.48. The monoisotopic (exact) mass is 254 g/mol. The van der Waals surface area contributed by atoms with E-state index in [-0.39, 0.29) is 0 Å². The minimum absolute atomic E-state index is 1.25. The topological polar surface area (TPSA) is 0 Å². The van der Waals surface area contributed by atoms with Crippen molar-refractivity contribution in [1.29, 1.82) is 0 Å². The Kier molecular flexibility index (Phi) is 2.37. The molecule has 0 amide bonds. The Morgan fingerprint density at radius 1 is 0.700 bits per heavy atom. The molecule has 0 aliphatic carbocycles. The zero-order valence-electron chi connectivity index (χ0n) is 11.1. The molecule has 0 unspecified atom stereocenters. The van der Waals surface area contributed by atoms with Crippen molar-refractivity contribution in [2.75, 3.05) is 0 Å². The predicted molar refractivity (Wildman–Crippen MR) is 89.4 cm³/mol. The quantitative estimate of drug-likeness (QED) is 0.314. The predicted octanol–water partition coefficient (Wildman–Crippen LogP) is 5.78. The van der Waals surface area contributed by atoms with Gasteiger partial charge in [0.15, 0.2) is 0 Å². The lowest BCUT2D eigenvalue weighted by molar-refractivity contribution is 1.75. The second-order valence-electron chi connectivity index (χ2n) is 5.11. The molecule has 0 radical (unpaired) electrons. The average molecular weight is 254 g/mol. The first-order valence-corrected chi connectivity index (χ1v) is 6.84. The van der Waals surface area contributed by atoms with Gasteiger partial charge < -0.3 is 0 Å². The highest BCUT2D eigenvalue weighted by Crippen LogP contribution is 2.36. The van der Waals surface area contributed by atoms with E-state index in [1.54, 1.807) is 0 Å². The fourth-order valence-electron chi connectivity index (χ4n) is 3.07. The lowest BCUT2D eigenvalue weighted by Crippen LogP contribution is -1.85. The van der Waals surface area contributed by atoms with E-state index >= 15 is 0 Å². The van der Waals surface area contributed by atoms with Gasteiger partial charge in [0, 0.05) is 0 Å². The number of hydrogen-bond acceptors (Lipinski definition) is 0. The van der Waals surface area contributed by atoms with Crippen LogP contribution in [0.1, 0.15) is 5.56 Å². The number of allylic oxidation sites excluding steroid dienone is 2. The third-order valence-corrected chi connectivity index (χ3v) is 3.97. The minimum atomic E-state index is 1.25. The molecule has 0 aromatic heterocycles.